The number of aryl methyl sites for hydroxylation is 2. The molecule has 2 fully saturated rings. The Balaban J connectivity index is 1.13. The third-order valence-corrected chi connectivity index (χ3v) is 8.16. The van der Waals surface area contributed by atoms with E-state index >= 15 is 0 Å². The number of nitrogens with zero attached hydrogens (tertiary/aromatic N) is 6. The van der Waals surface area contributed by atoms with Gasteiger partial charge in [0.15, 0.2) is 0 Å². The second-order valence-corrected chi connectivity index (χ2v) is 10.8. The highest BCUT2D eigenvalue weighted by molar-refractivity contribution is 7.21. The Morgan fingerprint density at radius 3 is 2.84 bits per heavy atom. The molecular formula is C25H28N8O3S. The molecule has 0 radical (unpaired) electrons. The number of carbonyl (C=O) groups is 2. The molecule has 1 spiro atoms. The average molecular weight is 521 g/mol. The Labute approximate surface area is 217 Å². The Kier molecular flexibility index (Phi) is 6.01. The second-order valence-electron chi connectivity index (χ2n) is 9.76. The van der Waals surface area contributed by atoms with Crippen molar-refractivity contribution in [3.8, 4) is 10.4 Å². The quantitative estimate of drug-likeness (QED) is 0.401. The molecule has 0 saturated carbocycles. The summed E-state index contributed by atoms with van der Waals surface area (Å²) in [5.41, 5.74) is 3.08. The van der Waals surface area contributed by atoms with E-state index in [2.05, 4.69) is 30.7 Å². The standard InChI is InChI=1S/C25H28N8O3S/c1-16-20(8-18(10-26-16)29-22(34)14-32-6-5-25(15-32)4-3-7-36-25)30-23(35)19-11-28-33-13-21(37-24(19)33)17-9-27-31(2)12-17/h8-13H,3-7,14-15H2,1-2H3,(H,29,34)(H,30,35). The summed E-state index contributed by atoms with van der Waals surface area (Å²) in [7, 11) is 1.86. The van der Waals surface area contributed by atoms with Crippen molar-refractivity contribution in [3.05, 3.63) is 48.3 Å². The van der Waals surface area contributed by atoms with Crippen LogP contribution in [0.4, 0.5) is 11.4 Å². The first kappa shape index (κ1) is 23.8. The van der Waals surface area contributed by atoms with Gasteiger partial charge in [0.05, 0.1) is 58.2 Å². The topological polar surface area (TPSA) is 119 Å². The van der Waals surface area contributed by atoms with Crippen LogP contribution in [0.5, 0.6) is 0 Å². The lowest BCUT2D eigenvalue weighted by Crippen LogP contribution is -2.36. The predicted octanol–water partition coefficient (Wildman–Crippen LogP) is 2.95. The number of ether oxygens (including phenoxy) is 1. The molecular weight excluding hydrogens is 492 g/mol. The van der Waals surface area contributed by atoms with E-state index in [1.807, 2.05) is 26.4 Å². The van der Waals surface area contributed by atoms with E-state index in [-0.39, 0.29) is 17.4 Å². The van der Waals surface area contributed by atoms with Crippen LogP contribution >= 0.6 is 11.3 Å². The summed E-state index contributed by atoms with van der Waals surface area (Å²) in [6, 6.07) is 1.74. The molecule has 37 heavy (non-hydrogen) atoms. The number of likely N-dealkylation sites (tertiary alicyclic amines) is 1. The van der Waals surface area contributed by atoms with Crippen molar-refractivity contribution in [3.63, 3.8) is 0 Å². The predicted molar refractivity (Wildman–Crippen MR) is 140 cm³/mol. The maximum atomic E-state index is 13.2. The van der Waals surface area contributed by atoms with Gasteiger partial charge in [-0.25, -0.2) is 4.52 Å². The van der Waals surface area contributed by atoms with E-state index in [4.69, 9.17) is 4.74 Å². The number of rotatable bonds is 6. The van der Waals surface area contributed by atoms with Crippen molar-refractivity contribution < 1.29 is 14.3 Å². The highest BCUT2D eigenvalue weighted by Crippen LogP contribution is 2.35. The fraction of sp³-hybridized carbons (Fsp3) is 0.400. The van der Waals surface area contributed by atoms with E-state index in [0.29, 0.717) is 29.2 Å². The van der Waals surface area contributed by atoms with Crippen LogP contribution in [0.1, 0.15) is 35.3 Å². The third-order valence-electron chi connectivity index (χ3n) is 7.00. The number of fused-ring (bicyclic) bond motifs is 1. The molecule has 4 aromatic rings. The SMILES string of the molecule is Cc1ncc(NC(=O)CN2CCC3(CCCO3)C2)cc1NC(=O)c1cnn2cc(-c3cnn(C)c3)sc12. The van der Waals surface area contributed by atoms with E-state index in [1.165, 1.54) is 11.3 Å². The largest absolute Gasteiger partial charge is 0.374 e. The molecule has 0 aliphatic carbocycles. The van der Waals surface area contributed by atoms with Crippen LogP contribution in [0.2, 0.25) is 0 Å². The lowest BCUT2D eigenvalue weighted by molar-refractivity contribution is -0.117. The zero-order valence-corrected chi connectivity index (χ0v) is 21.5. The van der Waals surface area contributed by atoms with E-state index in [1.54, 1.807) is 33.9 Å². The number of hydrogen-bond donors (Lipinski definition) is 2. The van der Waals surface area contributed by atoms with Crippen LogP contribution in [-0.4, -0.2) is 72.9 Å². The molecule has 2 amide bonds. The van der Waals surface area contributed by atoms with Crippen molar-refractivity contribution in [2.24, 2.45) is 7.05 Å². The Morgan fingerprint density at radius 2 is 2.05 bits per heavy atom. The summed E-state index contributed by atoms with van der Waals surface area (Å²) >= 11 is 1.47. The van der Waals surface area contributed by atoms with E-state index < -0.39 is 0 Å². The van der Waals surface area contributed by atoms with Gasteiger partial charge in [0.1, 0.15) is 4.83 Å². The van der Waals surface area contributed by atoms with Gasteiger partial charge in [-0.15, -0.1) is 11.3 Å². The molecule has 2 aliphatic heterocycles. The van der Waals surface area contributed by atoms with E-state index in [0.717, 1.165) is 54.2 Å². The van der Waals surface area contributed by atoms with Gasteiger partial charge in [0, 0.05) is 44.7 Å². The Bertz CT molecular complexity index is 1480. The molecule has 6 heterocycles. The van der Waals surface area contributed by atoms with Crippen LogP contribution in [0, 0.1) is 6.92 Å². The maximum absolute atomic E-state index is 13.2. The minimum atomic E-state index is -0.290. The van der Waals surface area contributed by atoms with Crippen molar-refractivity contribution in [1.82, 2.24) is 29.3 Å². The Morgan fingerprint density at radius 1 is 1.16 bits per heavy atom. The highest BCUT2D eigenvalue weighted by atomic mass is 32.1. The Hall–Kier alpha value is -3.61. The van der Waals surface area contributed by atoms with Crippen LogP contribution in [0.25, 0.3) is 15.3 Å². The number of pyridine rings is 1. The molecule has 2 saturated heterocycles. The van der Waals surface area contributed by atoms with Crippen LogP contribution in [-0.2, 0) is 16.6 Å². The van der Waals surface area contributed by atoms with Crippen molar-refractivity contribution >= 4 is 39.4 Å². The van der Waals surface area contributed by atoms with Gasteiger partial charge in [-0.3, -0.25) is 24.2 Å². The first-order valence-electron chi connectivity index (χ1n) is 12.3. The summed E-state index contributed by atoms with van der Waals surface area (Å²) in [6.07, 6.45) is 11.9. The molecule has 1 unspecified atom stereocenters. The molecule has 0 aromatic carbocycles. The fourth-order valence-electron chi connectivity index (χ4n) is 5.08. The first-order valence-corrected chi connectivity index (χ1v) is 13.1. The number of thiazole rings is 1. The van der Waals surface area contributed by atoms with Gasteiger partial charge in [-0.05, 0) is 32.3 Å². The molecule has 192 valence electrons. The lowest BCUT2D eigenvalue weighted by Gasteiger charge is -2.23. The zero-order chi connectivity index (χ0) is 25.6. The van der Waals surface area contributed by atoms with Gasteiger partial charge in [-0.1, -0.05) is 0 Å². The molecule has 2 N–H and O–H groups in total. The number of hydrogen-bond acceptors (Lipinski definition) is 8. The number of anilines is 2. The summed E-state index contributed by atoms with van der Waals surface area (Å²) in [5.74, 6) is -0.403. The number of nitrogens with one attached hydrogen (secondary N) is 2. The van der Waals surface area contributed by atoms with Gasteiger partial charge < -0.3 is 15.4 Å². The number of amides is 2. The summed E-state index contributed by atoms with van der Waals surface area (Å²) in [5, 5.41) is 14.4. The van der Waals surface area contributed by atoms with Crippen molar-refractivity contribution in [2.75, 3.05) is 36.9 Å². The van der Waals surface area contributed by atoms with Gasteiger partial charge >= 0.3 is 0 Å². The monoisotopic (exact) mass is 520 g/mol. The molecule has 11 nitrogen and oxygen atoms in total. The molecule has 0 bridgehead atoms. The van der Waals surface area contributed by atoms with Crippen molar-refractivity contribution in [2.45, 2.75) is 31.8 Å². The second kappa shape index (κ2) is 9.36. The van der Waals surface area contributed by atoms with Gasteiger partial charge in [0.25, 0.3) is 5.91 Å². The molecule has 6 rings (SSSR count). The highest BCUT2D eigenvalue weighted by Gasteiger charge is 2.41. The number of aromatic nitrogens is 5. The molecule has 4 aromatic heterocycles. The maximum Gasteiger partial charge on any atom is 0.260 e. The van der Waals surface area contributed by atoms with Crippen LogP contribution < -0.4 is 10.6 Å². The average Bonchev–Trinajstić information content (AvgIpc) is 3.67. The normalized spacial score (nSPS) is 19.7. The smallest absolute Gasteiger partial charge is 0.260 e. The van der Waals surface area contributed by atoms with Crippen molar-refractivity contribution in [1.29, 1.82) is 0 Å². The van der Waals surface area contributed by atoms with Gasteiger partial charge in [-0.2, -0.15) is 10.2 Å². The lowest BCUT2D eigenvalue weighted by atomic mass is 10.00. The molecule has 2 aliphatic rings. The minimum absolute atomic E-state index is 0.0657. The minimum Gasteiger partial charge on any atom is -0.374 e. The first-order chi connectivity index (χ1) is 17.9. The number of carbonyl (C=O) groups excluding carboxylic acids is 2. The fourth-order valence-corrected chi connectivity index (χ4v) is 6.12. The van der Waals surface area contributed by atoms with Gasteiger partial charge in [0.2, 0.25) is 5.91 Å². The zero-order valence-electron chi connectivity index (χ0n) is 20.7. The summed E-state index contributed by atoms with van der Waals surface area (Å²) < 4.78 is 9.38. The molecule has 1 atom stereocenters. The summed E-state index contributed by atoms with van der Waals surface area (Å²) in [6.45, 7) is 4.57. The van der Waals surface area contributed by atoms with Crippen LogP contribution in [0.15, 0.2) is 37.1 Å². The van der Waals surface area contributed by atoms with Crippen LogP contribution in [0.3, 0.4) is 0 Å². The summed E-state index contributed by atoms with van der Waals surface area (Å²) in [4.78, 5) is 34.1. The third kappa shape index (κ3) is 4.75. The van der Waals surface area contributed by atoms with E-state index in [9.17, 15) is 9.59 Å². The molecule has 12 heteroatoms.